The number of pyridine rings is 1. The molecule has 1 saturated heterocycles. The number of thiophene rings is 1. The Morgan fingerprint density at radius 3 is 2.88 bits per heavy atom. The number of hydrogen-bond donors (Lipinski definition) is 1. The third kappa shape index (κ3) is 3.02. The summed E-state index contributed by atoms with van der Waals surface area (Å²) in [4.78, 5) is 4.45. The van der Waals surface area contributed by atoms with Crippen LogP contribution in [-0.4, -0.2) is 24.2 Å². The average molecular weight is 359 g/mol. The van der Waals surface area contributed by atoms with E-state index in [1.165, 1.54) is 4.70 Å². The van der Waals surface area contributed by atoms with Crippen LogP contribution in [0.2, 0.25) is 5.02 Å². The van der Waals surface area contributed by atoms with Gasteiger partial charge in [-0.05, 0) is 68.1 Å². The van der Waals surface area contributed by atoms with Crippen LogP contribution in [0.5, 0.6) is 5.75 Å². The lowest BCUT2D eigenvalue weighted by molar-refractivity contribution is 0.162. The number of fused-ring (bicyclic) bond motifs is 1. The molecule has 5 heteroatoms. The highest BCUT2D eigenvalue weighted by Crippen LogP contribution is 2.41. The highest BCUT2D eigenvalue weighted by atomic mass is 35.5. The Labute approximate surface area is 150 Å². The van der Waals surface area contributed by atoms with Gasteiger partial charge in [0.15, 0.2) is 0 Å². The van der Waals surface area contributed by atoms with Crippen LogP contribution in [0.3, 0.4) is 0 Å². The number of nitrogens with zero attached hydrogens (tertiary/aromatic N) is 1. The van der Waals surface area contributed by atoms with Crippen LogP contribution in [-0.2, 0) is 0 Å². The van der Waals surface area contributed by atoms with Gasteiger partial charge in [-0.1, -0.05) is 11.6 Å². The molecule has 1 N–H and O–H groups in total. The maximum Gasteiger partial charge on any atom is 0.130 e. The van der Waals surface area contributed by atoms with Gasteiger partial charge in [0, 0.05) is 22.3 Å². The molecular formula is C19H19ClN2OS. The number of nitrogens with one attached hydrogen (secondary N) is 1. The molecular weight excluding hydrogens is 340 g/mol. The molecule has 0 amide bonds. The van der Waals surface area contributed by atoms with E-state index in [0.717, 1.165) is 58.9 Å². The molecule has 0 aliphatic carbocycles. The van der Waals surface area contributed by atoms with E-state index in [0.29, 0.717) is 0 Å². The smallest absolute Gasteiger partial charge is 0.130 e. The van der Waals surface area contributed by atoms with E-state index in [1.54, 1.807) is 11.3 Å². The number of hydrogen-bond acceptors (Lipinski definition) is 4. The second-order valence-electron chi connectivity index (χ2n) is 6.16. The van der Waals surface area contributed by atoms with E-state index in [4.69, 9.17) is 16.3 Å². The first-order valence-electron chi connectivity index (χ1n) is 8.22. The molecule has 0 bridgehead atoms. The minimum atomic E-state index is 0.255. The van der Waals surface area contributed by atoms with Gasteiger partial charge in [0.25, 0.3) is 0 Å². The van der Waals surface area contributed by atoms with Crippen LogP contribution in [0, 0.1) is 6.92 Å². The van der Waals surface area contributed by atoms with Gasteiger partial charge in [0.05, 0.1) is 10.2 Å². The first-order valence-corrected chi connectivity index (χ1v) is 9.48. The van der Waals surface area contributed by atoms with Crippen molar-refractivity contribution in [3.8, 4) is 16.9 Å². The predicted octanol–water partition coefficient (Wildman–Crippen LogP) is 5.06. The van der Waals surface area contributed by atoms with Crippen molar-refractivity contribution in [1.82, 2.24) is 10.3 Å². The minimum Gasteiger partial charge on any atom is -0.489 e. The van der Waals surface area contributed by atoms with Gasteiger partial charge in [0.2, 0.25) is 0 Å². The van der Waals surface area contributed by atoms with Gasteiger partial charge >= 0.3 is 0 Å². The SMILES string of the molecule is Cc1cc(Cl)cc(-c2ccnc3ccsc23)c1OC1CCNCC1. The highest BCUT2D eigenvalue weighted by Gasteiger charge is 2.20. The Kier molecular flexibility index (Phi) is 4.44. The van der Waals surface area contributed by atoms with Crippen molar-refractivity contribution in [1.29, 1.82) is 0 Å². The van der Waals surface area contributed by atoms with Crippen LogP contribution in [0.1, 0.15) is 18.4 Å². The van der Waals surface area contributed by atoms with E-state index >= 15 is 0 Å². The van der Waals surface area contributed by atoms with Gasteiger partial charge in [0.1, 0.15) is 11.9 Å². The molecule has 1 aromatic carbocycles. The Bertz CT molecular complexity index is 871. The molecule has 0 spiro atoms. The van der Waals surface area contributed by atoms with Crippen LogP contribution in [0.4, 0.5) is 0 Å². The summed E-state index contributed by atoms with van der Waals surface area (Å²) in [6.45, 7) is 4.09. The molecule has 3 aromatic rings. The standard InChI is InChI=1S/C19H19ClN2OS/c1-12-10-13(20)11-16(18(12)23-14-2-6-21-7-3-14)15-4-8-22-17-5-9-24-19(15)17/h4-5,8-11,14,21H,2-3,6-7H2,1H3. The lowest BCUT2D eigenvalue weighted by Crippen LogP contribution is -2.34. The van der Waals surface area contributed by atoms with E-state index in [2.05, 4.69) is 28.7 Å². The molecule has 4 rings (SSSR count). The average Bonchev–Trinajstić information content (AvgIpc) is 3.07. The van der Waals surface area contributed by atoms with Crippen LogP contribution >= 0.6 is 22.9 Å². The van der Waals surface area contributed by atoms with Gasteiger partial charge in [-0.15, -0.1) is 11.3 Å². The number of aryl methyl sites for hydroxylation is 1. The van der Waals surface area contributed by atoms with Crippen LogP contribution in [0.25, 0.3) is 21.3 Å². The van der Waals surface area contributed by atoms with Crippen molar-refractivity contribution in [2.75, 3.05) is 13.1 Å². The molecule has 0 radical (unpaired) electrons. The maximum absolute atomic E-state index is 6.44. The van der Waals surface area contributed by atoms with E-state index in [-0.39, 0.29) is 6.10 Å². The zero-order valence-corrected chi connectivity index (χ0v) is 15.1. The monoisotopic (exact) mass is 358 g/mol. The lowest BCUT2D eigenvalue weighted by atomic mass is 10.0. The zero-order chi connectivity index (χ0) is 16.5. The predicted molar refractivity (Wildman–Crippen MR) is 101 cm³/mol. The molecule has 24 heavy (non-hydrogen) atoms. The quantitative estimate of drug-likeness (QED) is 0.710. The number of halogens is 1. The molecule has 3 heterocycles. The fourth-order valence-electron chi connectivity index (χ4n) is 3.25. The highest BCUT2D eigenvalue weighted by molar-refractivity contribution is 7.17. The van der Waals surface area contributed by atoms with Gasteiger partial charge in [-0.2, -0.15) is 0 Å². The Balaban J connectivity index is 1.83. The third-order valence-corrected chi connectivity index (χ3v) is 5.60. The number of aromatic nitrogens is 1. The summed E-state index contributed by atoms with van der Waals surface area (Å²) in [6, 6.07) is 8.10. The number of piperidine rings is 1. The molecule has 0 atom stereocenters. The normalized spacial score (nSPS) is 15.8. The second-order valence-corrected chi connectivity index (χ2v) is 7.51. The van der Waals surface area contributed by atoms with Crippen molar-refractivity contribution in [3.63, 3.8) is 0 Å². The van der Waals surface area contributed by atoms with Gasteiger partial charge in [-0.3, -0.25) is 4.98 Å². The molecule has 1 aliphatic rings. The number of ether oxygens (including phenoxy) is 1. The Hall–Kier alpha value is -1.62. The van der Waals surface area contributed by atoms with E-state index in [1.807, 2.05) is 24.4 Å². The molecule has 1 aliphatic heterocycles. The lowest BCUT2D eigenvalue weighted by Gasteiger charge is -2.26. The fourth-order valence-corrected chi connectivity index (χ4v) is 4.40. The summed E-state index contributed by atoms with van der Waals surface area (Å²) in [5.41, 5.74) is 4.30. The first-order chi connectivity index (χ1) is 11.7. The topological polar surface area (TPSA) is 34.1 Å². The second kappa shape index (κ2) is 6.71. The van der Waals surface area contributed by atoms with Crippen LogP contribution in [0.15, 0.2) is 35.8 Å². The van der Waals surface area contributed by atoms with E-state index in [9.17, 15) is 0 Å². The van der Waals surface area contributed by atoms with Crippen molar-refractivity contribution >= 4 is 33.2 Å². The molecule has 0 saturated carbocycles. The molecule has 3 nitrogen and oxygen atoms in total. The van der Waals surface area contributed by atoms with E-state index < -0.39 is 0 Å². The zero-order valence-electron chi connectivity index (χ0n) is 13.5. The molecule has 0 unspecified atom stereocenters. The van der Waals surface area contributed by atoms with Crippen molar-refractivity contribution in [2.24, 2.45) is 0 Å². The summed E-state index contributed by atoms with van der Waals surface area (Å²) in [6.07, 6.45) is 4.18. The number of benzene rings is 1. The third-order valence-electron chi connectivity index (χ3n) is 4.44. The summed E-state index contributed by atoms with van der Waals surface area (Å²) in [5, 5.41) is 6.20. The number of rotatable bonds is 3. The van der Waals surface area contributed by atoms with Gasteiger partial charge < -0.3 is 10.1 Å². The molecule has 2 aromatic heterocycles. The Morgan fingerprint density at radius 2 is 2.04 bits per heavy atom. The summed E-state index contributed by atoms with van der Waals surface area (Å²) in [7, 11) is 0. The van der Waals surface area contributed by atoms with Crippen molar-refractivity contribution in [3.05, 3.63) is 46.4 Å². The summed E-state index contributed by atoms with van der Waals surface area (Å²) < 4.78 is 7.61. The van der Waals surface area contributed by atoms with Gasteiger partial charge in [-0.25, -0.2) is 0 Å². The first kappa shape index (κ1) is 15.9. The summed E-state index contributed by atoms with van der Waals surface area (Å²) in [5.74, 6) is 0.951. The summed E-state index contributed by atoms with van der Waals surface area (Å²) >= 11 is 8.07. The largest absolute Gasteiger partial charge is 0.489 e. The maximum atomic E-state index is 6.44. The fraction of sp³-hybridized carbons (Fsp3) is 0.316. The van der Waals surface area contributed by atoms with Crippen molar-refractivity contribution < 1.29 is 4.74 Å². The molecule has 1 fully saturated rings. The minimum absolute atomic E-state index is 0.255. The molecule has 124 valence electrons. The van der Waals surface area contributed by atoms with Crippen LogP contribution < -0.4 is 10.1 Å². The Morgan fingerprint density at radius 1 is 1.21 bits per heavy atom. The van der Waals surface area contributed by atoms with Crippen molar-refractivity contribution in [2.45, 2.75) is 25.9 Å².